The average molecular weight is 246 g/mol. The molecule has 1 aliphatic rings. The maximum absolute atomic E-state index is 12.2. The van der Waals surface area contributed by atoms with Gasteiger partial charge in [-0.05, 0) is 18.1 Å². The van der Waals surface area contributed by atoms with Gasteiger partial charge in [0.05, 0.1) is 0 Å². The van der Waals surface area contributed by atoms with Gasteiger partial charge >= 0.3 is 0 Å². The Balaban J connectivity index is 2.27. The summed E-state index contributed by atoms with van der Waals surface area (Å²) in [6.45, 7) is 2.78. The maximum atomic E-state index is 12.2. The summed E-state index contributed by atoms with van der Waals surface area (Å²) in [6, 6.07) is 7.39. The first-order chi connectivity index (χ1) is 8.66. The first-order valence-corrected chi connectivity index (χ1v) is 6.36. The van der Waals surface area contributed by atoms with Gasteiger partial charge < -0.3 is 10.6 Å². The van der Waals surface area contributed by atoms with Gasteiger partial charge in [0.1, 0.15) is 5.92 Å². The molecule has 1 heterocycles. The summed E-state index contributed by atoms with van der Waals surface area (Å²) in [5.41, 5.74) is 6.91. The minimum Gasteiger partial charge on any atom is -0.369 e. The minimum atomic E-state index is -0.803. The van der Waals surface area contributed by atoms with E-state index in [1.165, 1.54) is 0 Å². The Morgan fingerprint density at radius 1 is 1.33 bits per heavy atom. The normalized spacial score (nSPS) is 17.9. The molecular weight excluding hydrogens is 228 g/mol. The van der Waals surface area contributed by atoms with Crippen LogP contribution in [0.25, 0.3) is 0 Å². The largest absolute Gasteiger partial charge is 0.369 e. The zero-order chi connectivity index (χ0) is 13.1. The zero-order valence-corrected chi connectivity index (χ0v) is 10.6. The maximum Gasteiger partial charge on any atom is 0.244 e. The molecular formula is C14H18N2O2. The SMILES string of the molecule is CCCCCN1C(=O)C(C(N)=O)c2ccccc21. The van der Waals surface area contributed by atoms with E-state index in [9.17, 15) is 9.59 Å². The number of hydrogen-bond acceptors (Lipinski definition) is 2. The van der Waals surface area contributed by atoms with E-state index in [0.717, 1.165) is 30.5 Å². The van der Waals surface area contributed by atoms with E-state index < -0.39 is 11.8 Å². The van der Waals surface area contributed by atoms with Gasteiger partial charge in [-0.15, -0.1) is 0 Å². The molecule has 0 bridgehead atoms. The zero-order valence-electron chi connectivity index (χ0n) is 10.6. The van der Waals surface area contributed by atoms with Crippen LogP contribution in [0.5, 0.6) is 0 Å². The summed E-state index contributed by atoms with van der Waals surface area (Å²) in [5.74, 6) is -1.55. The van der Waals surface area contributed by atoms with Crippen molar-refractivity contribution in [2.24, 2.45) is 5.73 Å². The van der Waals surface area contributed by atoms with Crippen LogP contribution < -0.4 is 10.6 Å². The summed E-state index contributed by atoms with van der Waals surface area (Å²) in [5, 5.41) is 0. The third-order valence-electron chi connectivity index (χ3n) is 3.32. The van der Waals surface area contributed by atoms with E-state index in [4.69, 9.17) is 5.73 Å². The Morgan fingerprint density at radius 3 is 2.72 bits per heavy atom. The molecule has 2 rings (SSSR count). The molecule has 4 nitrogen and oxygen atoms in total. The molecule has 1 aromatic carbocycles. The lowest BCUT2D eigenvalue weighted by Crippen LogP contribution is -2.34. The molecule has 1 atom stereocenters. The van der Waals surface area contributed by atoms with Crippen LogP contribution in [0, 0.1) is 0 Å². The fraction of sp³-hybridized carbons (Fsp3) is 0.429. The lowest BCUT2D eigenvalue weighted by molar-refractivity contribution is -0.127. The third kappa shape index (κ3) is 2.10. The third-order valence-corrected chi connectivity index (χ3v) is 3.32. The van der Waals surface area contributed by atoms with Crippen molar-refractivity contribution in [2.45, 2.75) is 32.1 Å². The van der Waals surface area contributed by atoms with Crippen molar-refractivity contribution in [2.75, 3.05) is 11.4 Å². The van der Waals surface area contributed by atoms with Crippen molar-refractivity contribution in [3.05, 3.63) is 29.8 Å². The van der Waals surface area contributed by atoms with Crippen LogP contribution in [-0.4, -0.2) is 18.4 Å². The molecule has 96 valence electrons. The van der Waals surface area contributed by atoms with Crippen LogP contribution in [0.4, 0.5) is 5.69 Å². The Labute approximate surface area is 107 Å². The van der Waals surface area contributed by atoms with E-state index in [2.05, 4.69) is 6.92 Å². The summed E-state index contributed by atoms with van der Waals surface area (Å²) >= 11 is 0. The topological polar surface area (TPSA) is 63.4 Å². The molecule has 18 heavy (non-hydrogen) atoms. The Morgan fingerprint density at radius 2 is 2.06 bits per heavy atom. The number of amides is 2. The van der Waals surface area contributed by atoms with Crippen molar-refractivity contribution in [1.29, 1.82) is 0 Å². The molecule has 0 fully saturated rings. The highest BCUT2D eigenvalue weighted by Crippen LogP contribution is 2.37. The number of benzene rings is 1. The number of primary amides is 1. The Hall–Kier alpha value is -1.84. The van der Waals surface area contributed by atoms with Crippen molar-refractivity contribution in [3.8, 4) is 0 Å². The van der Waals surface area contributed by atoms with Crippen LogP contribution in [0.3, 0.4) is 0 Å². The number of hydrogen-bond donors (Lipinski definition) is 1. The van der Waals surface area contributed by atoms with Gasteiger partial charge in [-0.25, -0.2) is 0 Å². The van der Waals surface area contributed by atoms with Crippen molar-refractivity contribution < 1.29 is 9.59 Å². The van der Waals surface area contributed by atoms with Gasteiger partial charge in [-0.2, -0.15) is 0 Å². The van der Waals surface area contributed by atoms with Gasteiger partial charge in [0.2, 0.25) is 11.8 Å². The minimum absolute atomic E-state index is 0.181. The number of carbonyl (C=O) groups excluding carboxylic acids is 2. The highest BCUT2D eigenvalue weighted by atomic mass is 16.2. The molecule has 0 aliphatic carbocycles. The van der Waals surface area contributed by atoms with Crippen LogP contribution in [0.2, 0.25) is 0 Å². The van der Waals surface area contributed by atoms with Gasteiger partial charge in [-0.3, -0.25) is 9.59 Å². The lowest BCUT2D eigenvalue weighted by atomic mass is 10.0. The molecule has 1 aliphatic heterocycles. The van der Waals surface area contributed by atoms with Crippen LogP contribution in [0.15, 0.2) is 24.3 Å². The summed E-state index contributed by atoms with van der Waals surface area (Å²) in [7, 11) is 0. The second-order valence-corrected chi connectivity index (χ2v) is 4.59. The number of para-hydroxylation sites is 1. The van der Waals surface area contributed by atoms with Crippen LogP contribution in [0.1, 0.15) is 37.7 Å². The molecule has 1 aromatic rings. The van der Waals surface area contributed by atoms with Crippen LogP contribution >= 0.6 is 0 Å². The molecule has 0 saturated heterocycles. The summed E-state index contributed by atoms with van der Waals surface area (Å²) in [6.07, 6.45) is 3.12. The summed E-state index contributed by atoms with van der Waals surface area (Å²) < 4.78 is 0. The van der Waals surface area contributed by atoms with Gasteiger partial charge in [0.25, 0.3) is 0 Å². The Bertz CT molecular complexity index is 471. The first-order valence-electron chi connectivity index (χ1n) is 6.36. The first kappa shape index (κ1) is 12.6. The highest BCUT2D eigenvalue weighted by Gasteiger charge is 2.40. The smallest absolute Gasteiger partial charge is 0.244 e. The quantitative estimate of drug-likeness (QED) is 0.636. The van der Waals surface area contributed by atoms with Crippen molar-refractivity contribution in [3.63, 3.8) is 0 Å². The highest BCUT2D eigenvalue weighted by molar-refractivity contribution is 6.17. The number of carbonyl (C=O) groups is 2. The number of nitrogens with two attached hydrogens (primary N) is 1. The number of nitrogens with zero attached hydrogens (tertiary/aromatic N) is 1. The fourth-order valence-electron chi connectivity index (χ4n) is 2.41. The monoisotopic (exact) mass is 246 g/mol. The second-order valence-electron chi connectivity index (χ2n) is 4.59. The van der Waals surface area contributed by atoms with Gasteiger partial charge in [0.15, 0.2) is 0 Å². The van der Waals surface area contributed by atoms with E-state index in [-0.39, 0.29) is 5.91 Å². The number of rotatable bonds is 5. The molecule has 4 heteroatoms. The number of fused-ring (bicyclic) bond motifs is 1. The fourth-order valence-corrected chi connectivity index (χ4v) is 2.41. The average Bonchev–Trinajstić information content (AvgIpc) is 2.63. The number of unbranched alkanes of at least 4 members (excludes halogenated alkanes) is 2. The molecule has 2 amide bonds. The van der Waals surface area contributed by atoms with Gasteiger partial charge in [-0.1, -0.05) is 38.0 Å². The van der Waals surface area contributed by atoms with E-state index in [1.807, 2.05) is 24.3 Å². The van der Waals surface area contributed by atoms with E-state index in [1.54, 1.807) is 4.90 Å². The molecule has 0 spiro atoms. The molecule has 2 N–H and O–H groups in total. The molecule has 0 saturated carbocycles. The molecule has 1 unspecified atom stereocenters. The number of anilines is 1. The standard InChI is InChI=1S/C14H18N2O2/c1-2-3-6-9-16-11-8-5-4-7-10(11)12(13(15)17)14(16)18/h4-5,7-8,12H,2-3,6,9H2,1H3,(H2,15,17). The predicted molar refractivity (Wildman–Crippen MR) is 70.3 cm³/mol. The van der Waals surface area contributed by atoms with E-state index >= 15 is 0 Å². The lowest BCUT2D eigenvalue weighted by Gasteiger charge is -2.17. The van der Waals surface area contributed by atoms with Crippen LogP contribution in [-0.2, 0) is 9.59 Å². The predicted octanol–water partition coefficient (Wildman–Crippen LogP) is 1.79. The van der Waals surface area contributed by atoms with E-state index in [0.29, 0.717) is 6.54 Å². The molecule has 0 aromatic heterocycles. The van der Waals surface area contributed by atoms with Crippen molar-refractivity contribution in [1.82, 2.24) is 0 Å². The summed E-state index contributed by atoms with van der Waals surface area (Å²) in [4.78, 5) is 25.3. The second kappa shape index (κ2) is 5.21. The van der Waals surface area contributed by atoms with Gasteiger partial charge in [0, 0.05) is 12.2 Å². The van der Waals surface area contributed by atoms with Crippen molar-refractivity contribution >= 4 is 17.5 Å². The molecule has 0 radical (unpaired) electrons. The Kier molecular flexibility index (Phi) is 3.65.